The zero-order valence-corrected chi connectivity index (χ0v) is 12.9. The van der Waals surface area contributed by atoms with Crippen LogP contribution >= 0.6 is 0 Å². The van der Waals surface area contributed by atoms with Gasteiger partial charge >= 0.3 is 0 Å². The van der Waals surface area contributed by atoms with Gasteiger partial charge in [0.25, 0.3) is 5.91 Å². The summed E-state index contributed by atoms with van der Waals surface area (Å²) >= 11 is 0. The van der Waals surface area contributed by atoms with Crippen LogP contribution in [0.3, 0.4) is 0 Å². The van der Waals surface area contributed by atoms with Crippen molar-refractivity contribution in [3.8, 4) is 11.5 Å². The number of rotatable bonds is 4. The molecule has 2 aliphatic rings. The van der Waals surface area contributed by atoms with Crippen LogP contribution in [-0.4, -0.2) is 25.7 Å². The molecule has 0 saturated heterocycles. The summed E-state index contributed by atoms with van der Waals surface area (Å²) in [6.07, 6.45) is 2.64. The van der Waals surface area contributed by atoms with Crippen LogP contribution in [0.5, 0.6) is 11.5 Å². The first-order valence-corrected chi connectivity index (χ1v) is 8.09. The van der Waals surface area contributed by atoms with Gasteiger partial charge in [0.1, 0.15) is 11.5 Å². The largest absolute Gasteiger partial charge is 0.493 e. The minimum atomic E-state index is -0.0352. The van der Waals surface area contributed by atoms with Crippen LogP contribution in [0.4, 0.5) is 0 Å². The molecule has 118 valence electrons. The molecule has 2 aliphatic heterocycles. The van der Waals surface area contributed by atoms with Gasteiger partial charge in [-0.3, -0.25) is 4.79 Å². The number of hydrogen-bond donors (Lipinski definition) is 1. The Morgan fingerprint density at radius 2 is 1.91 bits per heavy atom. The molecule has 1 amide bonds. The highest BCUT2D eigenvalue weighted by molar-refractivity contribution is 5.94. The van der Waals surface area contributed by atoms with Crippen molar-refractivity contribution in [2.75, 3.05) is 19.8 Å². The average molecular weight is 309 g/mol. The molecule has 0 aliphatic carbocycles. The Kier molecular flexibility index (Phi) is 3.66. The van der Waals surface area contributed by atoms with Crippen molar-refractivity contribution in [2.45, 2.75) is 19.3 Å². The van der Waals surface area contributed by atoms with Crippen molar-refractivity contribution in [1.29, 1.82) is 0 Å². The van der Waals surface area contributed by atoms with E-state index < -0.39 is 0 Å². The second-order valence-corrected chi connectivity index (χ2v) is 5.89. The first kappa shape index (κ1) is 14.1. The molecule has 4 rings (SSSR count). The van der Waals surface area contributed by atoms with Gasteiger partial charge in [-0.05, 0) is 24.6 Å². The van der Waals surface area contributed by atoms with E-state index in [0.717, 1.165) is 44.0 Å². The fourth-order valence-corrected chi connectivity index (χ4v) is 3.34. The number of fused-ring (bicyclic) bond motifs is 2. The number of nitrogens with one attached hydrogen (secondary N) is 1. The first-order valence-electron chi connectivity index (χ1n) is 8.09. The van der Waals surface area contributed by atoms with E-state index in [2.05, 4.69) is 11.4 Å². The van der Waals surface area contributed by atoms with E-state index in [1.807, 2.05) is 30.3 Å². The molecule has 2 aromatic rings. The van der Waals surface area contributed by atoms with Gasteiger partial charge in [-0.1, -0.05) is 18.2 Å². The van der Waals surface area contributed by atoms with Gasteiger partial charge in [-0.15, -0.1) is 0 Å². The van der Waals surface area contributed by atoms with E-state index in [-0.39, 0.29) is 5.91 Å². The molecule has 0 unspecified atom stereocenters. The zero-order chi connectivity index (χ0) is 15.6. The second kappa shape index (κ2) is 5.95. The molecule has 0 atom stereocenters. The summed E-state index contributed by atoms with van der Waals surface area (Å²) < 4.78 is 11.5. The Hall–Kier alpha value is -2.49. The zero-order valence-electron chi connectivity index (χ0n) is 12.9. The Morgan fingerprint density at radius 3 is 2.78 bits per heavy atom. The summed E-state index contributed by atoms with van der Waals surface area (Å²) in [7, 11) is 0. The molecule has 0 aromatic heterocycles. The van der Waals surface area contributed by atoms with Crippen molar-refractivity contribution >= 4 is 5.91 Å². The van der Waals surface area contributed by atoms with Crippen LogP contribution < -0.4 is 14.8 Å². The lowest BCUT2D eigenvalue weighted by Crippen LogP contribution is -2.25. The van der Waals surface area contributed by atoms with Crippen molar-refractivity contribution < 1.29 is 14.3 Å². The van der Waals surface area contributed by atoms with Gasteiger partial charge in [0, 0.05) is 41.6 Å². The predicted octanol–water partition coefficient (Wildman–Crippen LogP) is 2.53. The summed E-state index contributed by atoms with van der Waals surface area (Å²) in [4.78, 5) is 12.1. The van der Waals surface area contributed by atoms with Gasteiger partial charge < -0.3 is 14.8 Å². The molecule has 4 heteroatoms. The van der Waals surface area contributed by atoms with Crippen LogP contribution in [-0.2, 0) is 19.3 Å². The Bertz CT molecular complexity index is 708. The van der Waals surface area contributed by atoms with E-state index in [9.17, 15) is 4.79 Å². The summed E-state index contributed by atoms with van der Waals surface area (Å²) in [5.74, 6) is 1.98. The van der Waals surface area contributed by atoms with Gasteiger partial charge in [0.2, 0.25) is 0 Å². The summed E-state index contributed by atoms with van der Waals surface area (Å²) in [6.45, 7) is 2.07. The third-order valence-electron chi connectivity index (χ3n) is 4.46. The van der Waals surface area contributed by atoms with E-state index in [4.69, 9.17) is 9.47 Å². The predicted molar refractivity (Wildman–Crippen MR) is 87.3 cm³/mol. The maximum absolute atomic E-state index is 12.1. The highest BCUT2D eigenvalue weighted by atomic mass is 16.5. The number of ether oxygens (including phenoxy) is 2. The second-order valence-electron chi connectivity index (χ2n) is 5.89. The lowest BCUT2D eigenvalue weighted by atomic mass is 9.97. The maximum Gasteiger partial charge on any atom is 0.251 e. The van der Waals surface area contributed by atoms with Crippen molar-refractivity contribution in [1.82, 2.24) is 5.32 Å². The van der Waals surface area contributed by atoms with Crippen LogP contribution in [0.15, 0.2) is 36.4 Å². The number of carbonyl (C=O) groups excluding carboxylic acids is 1. The molecule has 2 heterocycles. The number of amides is 1. The minimum Gasteiger partial charge on any atom is -0.493 e. The molecular weight excluding hydrogens is 290 g/mol. The molecule has 1 N–H and O–H groups in total. The Labute approximate surface area is 135 Å². The third kappa shape index (κ3) is 2.65. The molecule has 0 spiro atoms. The fraction of sp³-hybridized carbons (Fsp3) is 0.316. The molecule has 0 radical (unpaired) electrons. The van der Waals surface area contributed by atoms with Crippen LogP contribution in [0.2, 0.25) is 0 Å². The molecule has 0 saturated carbocycles. The Balaban J connectivity index is 1.49. The number of carbonyl (C=O) groups is 1. The van der Waals surface area contributed by atoms with E-state index in [1.54, 1.807) is 0 Å². The monoisotopic (exact) mass is 309 g/mol. The van der Waals surface area contributed by atoms with Crippen LogP contribution in [0, 0.1) is 0 Å². The van der Waals surface area contributed by atoms with Gasteiger partial charge in [-0.25, -0.2) is 0 Å². The molecule has 23 heavy (non-hydrogen) atoms. The minimum absolute atomic E-state index is 0.0352. The average Bonchev–Trinajstić information content (AvgIpc) is 3.23. The lowest BCUT2D eigenvalue weighted by molar-refractivity contribution is 0.0954. The summed E-state index contributed by atoms with van der Waals surface area (Å²) in [5, 5.41) is 2.99. The van der Waals surface area contributed by atoms with E-state index in [0.29, 0.717) is 12.1 Å². The van der Waals surface area contributed by atoms with Crippen molar-refractivity contribution in [3.05, 3.63) is 58.7 Å². The van der Waals surface area contributed by atoms with E-state index in [1.165, 1.54) is 16.7 Å². The van der Waals surface area contributed by atoms with Crippen LogP contribution in [0.1, 0.15) is 27.0 Å². The van der Waals surface area contributed by atoms with Gasteiger partial charge in [-0.2, -0.15) is 0 Å². The molecule has 4 nitrogen and oxygen atoms in total. The normalized spacial score (nSPS) is 14.6. The highest BCUT2D eigenvalue weighted by Gasteiger charge is 2.26. The molecule has 0 fully saturated rings. The first-order chi connectivity index (χ1) is 11.3. The smallest absolute Gasteiger partial charge is 0.251 e. The van der Waals surface area contributed by atoms with E-state index >= 15 is 0 Å². The Morgan fingerprint density at radius 1 is 1.09 bits per heavy atom. The third-order valence-corrected chi connectivity index (χ3v) is 4.46. The van der Waals surface area contributed by atoms with Gasteiger partial charge in [0.05, 0.1) is 13.2 Å². The fourth-order valence-electron chi connectivity index (χ4n) is 3.34. The SMILES string of the molecule is O=C(NCCc1c2c(cc3c1OCC3)OCC2)c1ccccc1. The topological polar surface area (TPSA) is 47.6 Å². The maximum atomic E-state index is 12.1. The summed E-state index contributed by atoms with van der Waals surface area (Å²) in [6, 6.07) is 11.4. The van der Waals surface area contributed by atoms with Crippen molar-refractivity contribution in [3.63, 3.8) is 0 Å². The highest BCUT2D eigenvalue weighted by Crippen LogP contribution is 2.40. The van der Waals surface area contributed by atoms with Gasteiger partial charge in [0.15, 0.2) is 0 Å². The number of benzene rings is 2. The molecule has 2 aromatic carbocycles. The quantitative estimate of drug-likeness (QED) is 0.944. The lowest BCUT2D eigenvalue weighted by Gasteiger charge is -2.13. The molecular formula is C19H19NO3. The van der Waals surface area contributed by atoms with Crippen molar-refractivity contribution in [2.24, 2.45) is 0 Å². The molecule has 0 bridgehead atoms. The standard InChI is InChI=1S/C19H19NO3/c21-19(13-4-2-1-3-5-13)20-9-6-16-15-8-11-22-17(15)12-14-7-10-23-18(14)16/h1-5,12H,6-11H2,(H,20,21). The summed E-state index contributed by atoms with van der Waals surface area (Å²) in [5.41, 5.74) is 4.38. The van der Waals surface area contributed by atoms with Crippen LogP contribution in [0.25, 0.3) is 0 Å². The number of hydrogen-bond acceptors (Lipinski definition) is 3.